The molecule has 112 valence electrons. The van der Waals surface area contributed by atoms with Crippen molar-refractivity contribution in [2.45, 2.75) is 23.3 Å². The second-order valence-corrected chi connectivity index (χ2v) is 6.94. The molecule has 0 radical (unpaired) electrons. The molecule has 0 spiro atoms. The predicted octanol–water partition coefficient (Wildman–Crippen LogP) is 2.47. The Bertz CT molecular complexity index is 870. The molecule has 0 saturated heterocycles. The second-order valence-electron chi connectivity index (χ2n) is 5.02. The van der Waals surface area contributed by atoms with Crippen molar-refractivity contribution >= 4 is 9.84 Å². The zero-order valence-electron chi connectivity index (χ0n) is 12.0. The molecule has 1 aromatic carbocycles. The van der Waals surface area contributed by atoms with Gasteiger partial charge in [0.15, 0.2) is 0 Å². The van der Waals surface area contributed by atoms with Crippen LogP contribution in [0.5, 0.6) is 0 Å². The van der Waals surface area contributed by atoms with Crippen LogP contribution in [0.25, 0.3) is 0 Å². The largest absolute Gasteiger partial charge is 0.333 e. The molecule has 0 aliphatic heterocycles. The zero-order valence-corrected chi connectivity index (χ0v) is 12.9. The molecule has 3 aromatic rings. The fraction of sp³-hybridized carbons (Fsp3) is 0.125. The molecule has 22 heavy (non-hydrogen) atoms. The molecule has 0 saturated carbocycles. The monoisotopic (exact) mass is 313 g/mol. The Morgan fingerprint density at radius 1 is 1.05 bits per heavy atom. The van der Waals surface area contributed by atoms with Crippen molar-refractivity contribution in [3.8, 4) is 0 Å². The van der Waals surface area contributed by atoms with Gasteiger partial charge in [0, 0.05) is 31.3 Å². The molecule has 2 aromatic heterocycles. The first kappa shape index (κ1) is 14.5. The van der Waals surface area contributed by atoms with Gasteiger partial charge in [0.05, 0.1) is 16.1 Å². The third-order valence-corrected chi connectivity index (χ3v) is 5.34. The molecule has 0 unspecified atom stereocenters. The Kier molecular flexibility index (Phi) is 3.77. The number of aromatic nitrogens is 3. The van der Waals surface area contributed by atoms with Gasteiger partial charge in [0.2, 0.25) is 9.84 Å². The first-order valence-electron chi connectivity index (χ1n) is 6.78. The molecule has 0 atom stereocenters. The number of hydrogen-bond donors (Lipinski definition) is 0. The molecular weight excluding hydrogens is 298 g/mol. The van der Waals surface area contributed by atoms with Gasteiger partial charge < -0.3 is 4.57 Å². The molecule has 6 heteroatoms. The van der Waals surface area contributed by atoms with Gasteiger partial charge >= 0.3 is 0 Å². The fourth-order valence-electron chi connectivity index (χ4n) is 2.22. The summed E-state index contributed by atoms with van der Waals surface area (Å²) in [5, 5.41) is 0. The molecule has 0 bridgehead atoms. The summed E-state index contributed by atoms with van der Waals surface area (Å²) in [5.74, 6) is 0. The first-order chi connectivity index (χ1) is 10.6. The molecule has 0 aliphatic carbocycles. The summed E-state index contributed by atoms with van der Waals surface area (Å²) in [4.78, 5) is 8.42. The van der Waals surface area contributed by atoms with E-state index < -0.39 is 9.84 Å². The van der Waals surface area contributed by atoms with Crippen LogP contribution in [0.4, 0.5) is 0 Å². The Labute approximate surface area is 129 Å². The van der Waals surface area contributed by atoms with Gasteiger partial charge in [-0.2, -0.15) is 0 Å². The van der Waals surface area contributed by atoms with E-state index in [9.17, 15) is 8.42 Å². The maximum Gasteiger partial charge on any atom is 0.208 e. The summed E-state index contributed by atoms with van der Waals surface area (Å²) >= 11 is 0. The fourth-order valence-corrected chi connectivity index (χ4v) is 3.66. The number of benzene rings is 1. The van der Waals surface area contributed by atoms with Gasteiger partial charge in [-0.05, 0) is 36.2 Å². The van der Waals surface area contributed by atoms with Gasteiger partial charge in [0.25, 0.3) is 0 Å². The summed E-state index contributed by atoms with van der Waals surface area (Å²) < 4.78 is 27.2. The van der Waals surface area contributed by atoms with Gasteiger partial charge in [-0.15, -0.1) is 0 Å². The second kappa shape index (κ2) is 5.73. The maximum atomic E-state index is 12.6. The number of aryl methyl sites for hydroxylation is 1. The first-order valence-corrected chi connectivity index (χ1v) is 8.26. The minimum Gasteiger partial charge on any atom is -0.333 e. The molecule has 5 nitrogen and oxygen atoms in total. The number of rotatable bonds is 4. The van der Waals surface area contributed by atoms with Crippen molar-refractivity contribution in [3.63, 3.8) is 0 Å². The third-order valence-electron chi connectivity index (χ3n) is 3.44. The highest BCUT2D eigenvalue weighted by Crippen LogP contribution is 2.23. The van der Waals surface area contributed by atoms with E-state index in [0.717, 1.165) is 5.56 Å². The van der Waals surface area contributed by atoms with E-state index >= 15 is 0 Å². The number of pyridine rings is 1. The average Bonchev–Trinajstić information content (AvgIpc) is 3.01. The van der Waals surface area contributed by atoms with E-state index in [1.54, 1.807) is 43.8 Å². The van der Waals surface area contributed by atoms with Crippen LogP contribution in [0.1, 0.15) is 11.1 Å². The van der Waals surface area contributed by atoms with E-state index in [2.05, 4.69) is 9.97 Å². The molecule has 3 rings (SSSR count). The van der Waals surface area contributed by atoms with Crippen LogP contribution < -0.4 is 0 Å². The summed E-state index contributed by atoms with van der Waals surface area (Å²) in [7, 11) is -3.53. The number of nitrogens with zero attached hydrogens (tertiary/aromatic N) is 3. The maximum absolute atomic E-state index is 12.6. The van der Waals surface area contributed by atoms with Gasteiger partial charge in [-0.1, -0.05) is 12.1 Å². The highest BCUT2D eigenvalue weighted by Gasteiger charge is 2.19. The lowest BCUT2D eigenvalue weighted by Crippen LogP contribution is -2.05. The van der Waals surface area contributed by atoms with E-state index in [1.165, 1.54) is 6.20 Å². The minimum atomic E-state index is -3.53. The number of imidazole rings is 1. The quantitative estimate of drug-likeness (QED) is 0.742. The van der Waals surface area contributed by atoms with E-state index in [-0.39, 0.29) is 9.79 Å². The topological polar surface area (TPSA) is 64.8 Å². The van der Waals surface area contributed by atoms with Crippen molar-refractivity contribution in [2.24, 2.45) is 0 Å². The summed E-state index contributed by atoms with van der Waals surface area (Å²) in [6.45, 7) is 2.42. The molecule has 0 N–H and O–H groups in total. The van der Waals surface area contributed by atoms with Crippen LogP contribution in [-0.2, 0) is 16.4 Å². The average molecular weight is 313 g/mol. The number of sulfone groups is 1. The van der Waals surface area contributed by atoms with Crippen molar-refractivity contribution in [2.75, 3.05) is 0 Å². The molecule has 2 heterocycles. The normalized spacial score (nSPS) is 11.5. The van der Waals surface area contributed by atoms with Crippen LogP contribution in [0, 0.1) is 6.92 Å². The molecular formula is C16H15N3O2S. The third kappa shape index (κ3) is 2.78. The van der Waals surface area contributed by atoms with Crippen molar-refractivity contribution in [1.82, 2.24) is 14.5 Å². The zero-order chi connectivity index (χ0) is 15.6. The van der Waals surface area contributed by atoms with Crippen LogP contribution in [-0.4, -0.2) is 23.0 Å². The lowest BCUT2D eigenvalue weighted by Gasteiger charge is -2.08. The Morgan fingerprint density at radius 2 is 1.82 bits per heavy atom. The van der Waals surface area contributed by atoms with Crippen LogP contribution in [0.2, 0.25) is 0 Å². The Morgan fingerprint density at radius 3 is 2.45 bits per heavy atom. The van der Waals surface area contributed by atoms with Crippen LogP contribution >= 0.6 is 0 Å². The number of hydrogen-bond acceptors (Lipinski definition) is 4. The van der Waals surface area contributed by atoms with Gasteiger partial charge in [-0.25, -0.2) is 13.4 Å². The van der Waals surface area contributed by atoms with Gasteiger partial charge in [0.1, 0.15) is 0 Å². The Balaban J connectivity index is 1.91. The molecule has 0 amide bonds. The molecule has 0 fully saturated rings. The summed E-state index contributed by atoms with van der Waals surface area (Å²) in [5.41, 5.74) is 1.71. The van der Waals surface area contributed by atoms with Crippen molar-refractivity contribution < 1.29 is 8.42 Å². The Hall–Kier alpha value is -2.47. The standard InChI is InChI=1S/C16H15N3O2S/c1-13-6-7-17-10-16(13)22(20,21)15-4-2-14(3-5-15)11-19-9-8-18-12-19/h2-10,12H,11H2,1H3. The van der Waals surface area contributed by atoms with E-state index in [4.69, 9.17) is 0 Å². The lowest BCUT2D eigenvalue weighted by atomic mass is 10.2. The highest BCUT2D eigenvalue weighted by molar-refractivity contribution is 7.91. The SMILES string of the molecule is Cc1ccncc1S(=O)(=O)c1ccc(Cn2ccnc2)cc1. The lowest BCUT2D eigenvalue weighted by molar-refractivity contribution is 0.595. The summed E-state index contributed by atoms with van der Waals surface area (Å²) in [6, 6.07) is 8.60. The summed E-state index contributed by atoms with van der Waals surface area (Å²) in [6.07, 6.45) is 8.28. The van der Waals surface area contributed by atoms with Crippen LogP contribution in [0.3, 0.4) is 0 Å². The molecule has 0 aliphatic rings. The van der Waals surface area contributed by atoms with Crippen LogP contribution in [0.15, 0.2) is 71.2 Å². The van der Waals surface area contributed by atoms with Crippen molar-refractivity contribution in [3.05, 3.63) is 72.6 Å². The highest BCUT2D eigenvalue weighted by atomic mass is 32.2. The van der Waals surface area contributed by atoms with E-state index in [1.807, 2.05) is 22.9 Å². The van der Waals surface area contributed by atoms with Gasteiger partial charge in [-0.3, -0.25) is 4.98 Å². The van der Waals surface area contributed by atoms with E-state index in [0.29, 0.717) is 12.1 Å². The predicted molar refractivity (Wildman–Crippen MR) is 82.2 cm³/mol. The smallest absolute Gasteiger partial charge is 0.208 e. The van der Waals surface area contributed by atoms with Crippen molar-refractivity contribution in [1.29, 1.82) is 0 Å². The minimum absolute atomic E-state index is 0.248.